The summed E-state index contributed by atoms with van der Waals surface area (Å²) in [6.45, 7) is -0.204. The summed E-state index contributed by atoms with van der Waals surface area (Å²) in [5.74, 6) is -73.9. The van der Waals surface area contributed by atoms with E-state index in [0.29, 0.717) is 75.2 Å². The molecule has 0 saturated heterocycles. The molecule has 1 N–H and O–H groups in total. The standard InChI is InChI=1S/C42H62F26NO6P/c1-69(2,3)24-27-74-76(70,71)75-29-30(73-26-21-17-13-9-5-7-11-15-19-23-32(45,46)34(49,50)36(53,54)38(57,58)40(61,62)42(66,67)68)28-72-25-20-16-12-8-4-6-10-14-18-22-31(43,44)33(47,48)35(51,52)37(55,56)39(59,60)41(63,64)65/h30H,4-29H2,1-3H3/p+1/t30-/m0/s1. The molecule has 0 heterocycles. The highest BCUT2D eigenvalue weighted by molar-refractivity contribution is 7.47. The summed E-state index contributed by atoms with van der Waals surface area (Å²) in [5, 5.41) is 0. The molecule has 0 bridgehead atoms. The lowest BCUT2D eigenvalue weighted by Gasteiger charge is -2.39. The number of likely N-dealkylation sites (N-methyl/N-ethyl adjacent to an activating group) is 1. The number of unbranched alkanes of at least 4 members (excludes halogenated alkanes) is 16. The molecule has 458 valence electrons. The fourth-order valence-corrected chi connectivity index (χ4v) is 7.39. The molecule has 0 aliphatic heterocycles. The van der Waals surface area contributed by atoms with Crippen molar-refractivity contribution in [3.8, 4) is 0 Å². The number of rotatable bonds is 42. The molecule has 0 spiro atoms. The van der Waals surface area contributed by atoms with Gasteiger partial charge in [0.05, 0.1) is 34.4 Å². The maximum Gasteiger partial charge on any atom is 0.472 e. The lowest BCUT2D eigenvalue weighted by Crippen LogP contribution is -2.70. The van der Waals surface area contributed by atoms with E-state index in [1.54, 1.807) is 21.1 Å². The molecule has 0 radical (unpaired) electrons. The Hall–Kier alpha value is -1.83. The third kappa shape index (κ3) is 20.0. The Bertz CT molecular complexity index is 1710. The minimum Gasteiger partial charge on any atom is -0.379 e. The highest BCUT2D eigenvalue weighted by Gasteiger charge is 2.92. The summed E-state index contributed by atoms with van der Waals surface area (Å²) in [5.41, 5.74) is 0. The molecule has 34 heteroatoms. The van der Waals surface area contributed by atoms with Crippen molar-refractivity contribution in [2.75, 3.05) is 60.7 Å². The van der Waals surface area contributed by atoms with Gasteiger partial charge in [0.2, 0.25) is 0 Å². The molecule has 7 nitrogen and oxygen atoms in total. The highest BCUT2D eigenvalue weighted by Crippen LogP contribution is 2.62. The molecule has 0 aromatic heterocycles. The number of ether oxygens (including phenoxy) is 2. The number of hydrogen-bond donors (Lipinski definition) is 1. The molecule has 0 aromatic rings. The second kappa shape index (κ2) is 28.7. The van der Waals surface area contributed by atoms with Gasteiger partial charge < -0.3 is 18.9 Å². The largest absolute Gasteiger partial charge is 0.472 e. The minimum absolute atomic E-state index is 0.0284. The monoisotopic (exact) mass is 1200 g/mol. The first-order valence-corrected chi connectivity index (χ1v) is 25.0. The average molecular weight is 1200 g/mol. The molecule has 0 rings (SSSR count). The molecule has 0 aromatic carbocycles. The van der Waals surface area contributed by atoms with Gasteiger partial charge in [0, 0.05) is 26.1 Å². The van der Waals surface area contributed by atoms with Crippen LogP contribution in [0.5, 0.6) is 0 Å². The van der Waals surface area contributed by atoms with E-state index in [-0.39, 0.29) is 65.0 Å². The number of nitrogens with zero attached hydrogens (tertiary/aromatic N) is 1. The summed E-state index contributed by atoms with van der Waals surface area (Å²) in [4.78, 5) is 10.1. The molecule has 2 atom stereocenters. The summed E-state index contributed by atoms with van der Waals surface area (Å²) in [6, 6.07) is 0. The molecule has 0 saturated carbocycles. The van der Waals surface area contributed by atoms with Crippen LogP contribution in [0.15, 0.2) is 0 Å². The molecular weight excluding hydrogens is 1140 g/mol. The van der Waals surface area contributed by atoms with Gasteiger partial charge in [-0.25, -0.2) is 4.57 Å². The zero-order valence-electron chi connectivity index (χ0n) is 41.2. The van der Waals surface area contributed by atoms with Gasteiger partial charge in [-0.15, -0.1) is 0 Å². The van der Waals surface area contributed by atoms with E-state index in [9.17, 15) is 124 Å². The zero-order chi connectivity index (χ0) is 59.8. The Morgan fingerprint density at radius 2 is 0.658 bits per heavy atom. The first-order chi connectivity index (χ1) is 34.0. The van der Waals surface area contributed by atoms with Crippen LogP contribution in [0.25, 0.3) is 0 Å². The van der Waals surface area contributed by atoms with Crippen LogP contribution in [-0.4, -0.2) is 148 Å². The van der Waals surface area contributed by atoms with Crippen LogP contribution < -0.4 is 0 Å². The van der Waals surface area contributed by atoms with Crippen molar-refractivity contribution in [2.24, 2.45) is 0 Å². The van der Waals surface area contributed by atoms with E-state index in [1.165, 1.54) is 0 Å². The molecular formula is C42H63F26NO6P+. The van der Waals surface area contributed by atoms with Gasteiger partial charge in [-0.2, -0.15) is 114 Å². The summed E-state index contributed by atoms with van der Waals surface area (Å²) < 4.78 is 379. The quantitative estimate of drug-likeness (QED) is 0.0284. The fourth-order valence-electron chi connectivity index (χ4n) is 6.65. The molecule has 0 aliphatic rings. The van der Waals surface area contributed by atoms with E-state index in [1.807, 2.05) is 0 Å². The molecule has 0 fully saturated rings. The number of halogens is 26. The topological polar surface area (TPSA) is 74.2 Å². The Kier molecular flexibility index (Phi) is 28.0. The second-order valence-electron chi connectivity index (χ2n) is 19.0. The zero-order valence-corrected chi connectivity index (χ0v) is 42.1. The van der Waals surface area contributed by atoms with Gasteiger partial charge in [0.15, 0.2) is 0 Å². The first-order valence-electron chi connectivity index (χ1n) is 23.5. The molecule has 76 heavy (non-hydrogen) atoms. The summed E-state index contributed by atoms with van der Waals surface area (Å²) in [7, 11) is 0.833. The van der Waals surface area contributed by atoms with Crippen molar-refractivity contribution in [3.05, 3.63) is 0 Å². The van der Waals surface area contributed by atoms with E-state index < -0.39 is 118 Å². The van der Waals surface area contributed by atoms with Gasteiger partial charge in [0.1, 0.15) is 19.3 Å². The first kappa shape index (κ1) is 74.2. The van der Waals surface area contributed by atoms with Gasteiger partial charge in [-0.1, -0.05) is 89.9 Å². The Labute approximate surface area is 421 Å². The average Bonchev–Trinajstić information content (AvgIpc) is 3.25. The second-order valence-corrected chi connectivity index (χ2v) is 20.5. The van der Waals surface area contributed by atoms with Gasteiger partial charge >= 0.3 is 79.4 Å². The molecule has 0 aliphatic carbocycles. The van der Waals surface area contributed by atoms with Crippen molar-refractivity contribution in [2.45, 2.75) is 206 Å². The minimum atomic E-state index is -7.95. The van der Waals surface area contributed by atoms with E-state index in [0.717, 1.165) is 0 Å². The van der Waals surface area contributed by atoms with E-state index in [2.05, 4.69) is 0 Å². The van der Waals surface area contributed by atoms with Crippen molar-refractivity contribution in [1.82, 2.24) is 0 Å². The Morgan fingerprint density at radius 3 is 0.974 bits per heavy atom. The van der Waals surface area contributed by atoms with Crippen LogP contribution >= 0.6 is 7.82 Å². The third-order valence-electron chi connectivity index (χ3n) is 11.5. The number of phosphoric ester groups is 1. The molecule has 1 unspecified atom stereocenters. The molecule has 0 amide bonds. The summed E-state index contributed by atoms with van der Waals surface area (Å²) >= 11 is 0. The normalized spacial score (nSPS) is 16.1. The maximum atomic E-state index is 14.0. The van der Waals surface area contributed by atoms with Crippen molar-refractivity contribution in [3.63, 3.8) is 0 Å². The van der Waals surface area contributed by atoms with Crippen LogP contribution in [0, 0.1) is 0 Å². The Balaban J connectivity index is 4.81. The number of quaternary nitrogens is 1. The predicted molar refractivity (Wildman–Crippen MR) is 219 cm³/mol. The van der Waals surface area contributed by atoms with Crippen molar-refractivity contribution in [1.29, 1.82) is 0 Å². The number of alkyl halides is 26. The lowest BCUT2D eigenvalue weighted by molar-refractivity contribution is -0.870. The smallest absolute Gasteiger partial charge is 0.379 e. The predicted octanol–water partition coefficient (Wildman–Crippen LogP) is 16.5. The van der Waals surface area contributed by atoms with Gasteiger partial charge in [-0.3, -0.25) is 9.05 Å². The SMILES string of the molecule is C[N+](C)(C)CCOP(=O)(O)OC[C@H](COCCCCCCCCCCCC(F)(F)C(F)(F)C(F)(F)C(F)(F)C(F)(F)C(F)(F)F)OCCCCCCCCCCCC(F)(F)C(F)(F)C(F)(F)C(F)(F)C(F)(F)C(F)(F)F. The Morgan fingerprint density at radius 1 is 0.368 bits per heavy atom. The number of phosphoric acid groups is 1. The highest BCUT2D eigenvalue weighted by atomic mass is 31.2. The van der Waals surface area contributed by atoms with Crippen LogP contribution in [0.4, 0.5) is 114 Å². The van der Waals surface area contributed by atoms with Crippen LogP contribution in [0.2, 0.25) is 0 Å². The van der Waals surface area contributed by atoms with Crippen LogP contribution in [-0.2, 0) is 23.1 Å². The number of hydrogen-bond acceptors (Lipinski definition) is 5. The maximum absolute atomic E-state index is 14.0. The van der Waals surface area contributed by atoms with E-state index >= 15 is 0 Å². The van der Waals surface area contributed by atoms with Gasteiger partial charge in [-0.05, 0) is 25.7 Å². The van der Waals surface area contributed by atoms with Crippen LogP contribution in [0.3, 0.4) is 0 Å². The summed E-state index contributed by atoms with van der Waals surface area (Å²) in [6.07, 6.45) is -17.5. The fraction of sp³-hybridized carbons (Fsp3) is 1.00. The van der Waals surface area contributed by atoms with Crippen LogP contribution in [0.1, 0.15) is 128 Å². The van der Waals surface area contributed by atoms with Crippen molar-refractivity contribution < 1.29 is 147 Å². The lowest BCUT2D eigenvalue weighted by atomic mass is 9.91. The van der Waals surface area contributed by atoms with Crippen molar-refractivity contribution >= 4 is 7.82 Å². The van der Waals surface area contributed by atoms with Gasteiger partial charge in [0.25, 0.3) is 0 Å². The third-order valence-corrected chi connectivity index (χ3v) is 12.5. The van der Waals surface area contributed by atoms with E-state index in [4.69, 9.17) is 18.5 Å².